The largest absolute Gasteiger partial charge is 1.00 e. The Balaban J connectivity index is 0.00000253. The molecular weight excluding hydrogens is 494 g/mol. The SMILES string of the molecule is COc1cccc2c1c(-c1cccc3ccccc13)c1c(C)cc(C)cc1[n+]2-c1ccccc1.[Br-]. The van der Waals surface area contributed by atoms with Gasteiger partial charge in [-0.25, -0.2) is 0 Å². The lowest BCUT2D eigenvalue weighted by Crippen LogP contribution is -3.00. The molecule has 0 aliphatic rings. The molecule has 0 aliphatic heterocycles. The van der Waals surface area contributed by atoms with Gasteiger partial charge in [-0.1, -0.05) is 72.8 Å². The molecule has 0 aliphatic carbocycles. The number of benzene rings is 5. The van der Waals surface area contributed by atoms with Crippen molar-refractivity contribution in [1.82, 2.24) is 0 Å². The van der Waals surface area contributed by atoms with Crippen LogP contribution in [0.25, 0.3) is 49.4 Å². The number of hydrogen-bond acceptors (Lipinski definition) is 1. The smallest absolute Gasteiger partial charge is 0.223 e. The second-order valence-corrected chi connectivity index (χ2v) is 8.90. The Kier molecular flexibility index (Phi) is 6.04. The Morgan fingerprint density at radius 3 is 2.17 bits per heavy atom. The van der Waals surface area contributed by atoms with Gasteiger partial charge in [-0.15, -0.1) is 0 Å². The standard InChI is InChI=1S/C32H26NO.BrH/c1-21-19-22(2)30-28(20-21)33(24-13-5-4-6-14-24)27-17-10-18-29(34-3)32(27)31(30)26-16-9-12-23-11-7-8-15-25(23)26;/h4-20H,1-3H3;1H/q+1;/p-1. The minimum absolute atomic E-state index is 0. The topological polar surface area (TPSA) is 13.1 Å². The molecule has 0 amide bonds. The van der Waals surface area contributed by atoms with Crippen molar-refractivity contribution in [2.45, 2.75) is 13.8 Å². The number of methoxy groups -OCH3 is 1. The lowest BCUT2D eigenvalue weighted by atomic mass is 9.89. The third-order valence-corrected chi connectivity index (χ3v) is 6.74. The molecule has 1 heterocycles. The number of ether oxygens (including phenoxy) is 1. The molecule has 0 N–H and O–H groups in total. The monoisotopic (exact) mass is 519 g/mol. The van der Waals surface area contributed by atoms with Gasteiger partial charge < -0.3 is 21.7 Å². The first kappa shape index (κ1) is 23.1. The molecule has 1 aromatic heterocycles. The van der Waals surface area contributed by atoms with E-state index in [0.29, 0.717) is 0 Å². The van der Waals surface area contributed by atoms with E-state index in [-0.39, 0.29) is 17.0 Å². The average molecular weight is 520 g/mol. The Morgan fingerprint density at radius 2 is 1.37 bits per heavy atom. The Hall–Kier alpha value is -3.69. The first-order chi connectivity index (χ1) is 16.7. The molecule has 5 aromatic carbocycles. The summed E-state index contributed by atoms with van der Waals surface area (Å²) in [5.74, 6) is 0.881. The molecule has 3 heteroatoms. The Labute approximate surface area is 216 Å². The van der Waals surface area contributed by atoms with Gasteiger partial charge in [-0.3, -0.25) is 0 Å². The van der Waals surface area contributed by atoms with Crippen LogP contribution in [0.3, 0.4) is 0 Å². The van der Waals surface area contributed by atoms with Crippen LogP contribution in [-0.2, 0) is 0 Å². The maximum absolute atomic E-state index is 5.99. The molecule has 172 valence electrons. The summed E-state index contributed by atoms with van der Waals surface area (Å²) in [4.78, 5) is 0. The van der Waals surface area contributed by atoms with Gasteiger partial charge in [0.25, 0.3) is 0 Å². The molecule has 0 radical (unpaired) electrons. The van der Waals surface area contributed by atoms with Crippen molar-refractivity contribution in [1.29, 1.82) is 0 Å². The predicted octanol–water partition coefficient (Wildman–Crippen LogP) is 4.72. The molecule has 2 nitrogen and oxygen atoms in total. The third kappa shape index (κ3) is 3.67. The van der Waals surface area contributed by atoms with E-state index in [4.69, 9.17) is 4.74 Å². The summed E-state index contributed by atoms with van der Waals surface area (Å²) < 4.78 is 8.37. The van der Waals surface area contributed by atoms with Gasteiger partial charge in [-0.2, -0.15) is 4.57 Å². The van der Waals surface area contributed by atoms with E-state index >= 15 is 0 Å². The van der Waals surface area contributed by atoms with E-state index in [9.17, 15) is 0 Å². The molecule has 6 aromatic rings. The number of para-hydroxylation sites is 1. The van der Waals surface area contributed by atoms with Gasteiger partial charge in [0.2, 0.25) is 16.7 Å². The fourth-order valence-corrected chi connectivity index (χ4v) is 5.40. The van der Waals surface area contributed by atoms with E-state index in [1.54, 1.807) is 7.11 Å². The van der Waals surface area contributed by atoms with Crippen LogP contribution in [0.4, 0.5) is 0 Å². The van der Waals surface area contributed by atoms with Crippen molar-refractivity contribution >= 4 is 32.6 Å². The van der Waals surface area contributed by atoms with Crippen molar-refractivity contribution in [3.8, 4) is 22.6 Å². The summed E-state index contributed by atoms with van der Waals surface area (Å²) in [7, 11) is 1.76. The van der Waals surface area contributed by atoms with Crippen LogP contribution in [0.5, 0.6) is 5.75 Å². The molecule has 0 atom stereocenters. The first-order valence-corrected chi connectivity index (χ1v) is 11.7. The maximum atomic E-state index is 5.99. The van der Waals surface area contributed by atoms with E-state index in [2.05, 4.69) is 122 Å². The molecule has 6 rings (SSSR count). The summed E-state index contributed by atoms with van der Waals surface area (Å²) in [5.41, 5.74) is 8.43. The van der Waals surface area contributed by atoms with Gasteiger partial charge in [0.1, 0.15) is 5.75 Å². The van der Waals surface area contributed by atoms with Crippen LogP contribution in [0.2, 0.25) is 0 Å². The summed E-state index contributed by atoms with van der Waals surface area (Å²) in [5, 5.41) is 4.86. The Bertz CT molecular complexity index is 1700. The lowest BCUT2D eigenvalue weighted by Gasteiger charge is -2.17. The van der Waals surface area contributed by atoms with E-state index < -0.39 is 0 Å². The van der Waals surface area contributed by atoms with Gasteiger partial charge >= 0.3 is 0 Å². The summed E-state index contributed by atoms with van der Waals surface area (Å²) in [6.45, 7) is 4.40. The molecule has 0 saturated carbocycles. The minimum atomic E-state index is 0. The van der Waals surface area contributed by atoms with Crippen molar-refractivity contribution in [3.63, 3.8) is 0 Å². The molecule has 0 unspecified atom stereocenters. The van der Waals surface area contributed by atoms with E-state index in [0.717, 1.165) is 22.3 Å². The highest BCUT2D eigenvalue weighted by molar-refractivity contribution is 6.15. The second-order valence-electron chi connectivity index (χ2n) is 8.90. The summed E-state index contributed by atoms with van der Waals surface area (Å²) in [6.07, 6.45) is 0. The fourth-order valence-electron chi connectivity index (χ4n) is 5.40. The van der Waals surface area contributed by atoms with Crippen LogP contribution < -0.4 is 26.3 Å². The summed E-state index contributed by atoms with van der Waals surface area (Å²) >= 11 is 0. The van der Waals surface area contributed by atoms with E-state index in [1.165, 1.54) is 43.9 Å². The molecule has 0 spiro atoms. The van der Waals surface area contributed by atoms with Crippen molar-refractivity contribution < 1.29 is 26.3 Å². The van der Waals surface area contributed by atoms with Crippen LogP contribution in [0.1, 0.15) is 11.1 Å². The quantitative estimate of drug-likeness (QED) is 0.243. The second kappa shape index (κ2) is 9.16. The number of hydrogen-bond donors (Lipinski definition) is 0. The zero-order valence-electron chi connectivity index (χ0n) is 20.0. The normalized spacial score (nSPS) is 11.1. The predicted molar refractivity (Wildman–Crippen MR) is 142 cm³/mol. The fraction of sp³-hybridized carbons (Fsp3) is 0.0938. The van der Waals surface area contributed by atoms with Gasteiger partial charge in [0.15, 0.2) is 0 Å². The summed E-state index contributed by atoms with van der Waals surface area (Å²) in [6, 6.07) is 36.8. The molecule has 0 fully saturated rings. The maximum Gasteiger partial charge on any atom is 0.223 e. The van der Waals surface area contributed by atoms with Crippen LogP contribution in [0.15, 0.2) is 103 Å². The average Bonchev–Trinajstić information content (AvgIpc) is 2.87. The minimum Gasteiger partial charge on any atom is -1.00 e. The third-order valence-electron chi connectivity index (χ3n) is 6.74. The number of nitrogens with zero attached hydrogens (tertiary/aromatic N) is 1. The number of halogens is 1. The van der Waals surface area contributed by atoms with Crippen LogP contribution in [0, 0.1) is 13.8 Å². The number of fused-ring (bicyclic) bond motifs is 3. The number of pyridine rings is 1. The van der Waals surface area contributed by atoms with Crippen molar-refractivity contribution in [3.05, 3.63) is 114 Å². The highest BCUT2D eigenvalue weighted by Gasteiger charge is 2.27. The molecule has 35 heavy (non-hydrogen) atoms. The van der Waals surface area contributed by atoms with Crippen molar-refractivity contribution in [2.24, 2.45) is 0 Å². The zero-order chi connectivity index (χ0) is 23.2. The number of aromatic nitrogens is 1. The van der Waals surface area contributed by atoms with Gasteiger partial charge in [0, 0.05) is 29.8 Å². The van der Waals surface area contributed by atoms with Crippen LogP contribution >= 0.6 is 0 Å². The lowest BCUT2D eigenvalue weighted by molar-refractivity contribution is -0.538. The molecular formula is C32H26BrNO. The Morgan fingerprint density at radius 1 is 0.657 bits per heavy atom. The van der Waals surface area contributed by atoms with Gasteiger partial charge in [0.05, 0.1) is 17.9 Å². The highest BCUT2D eigenvalue weighted by Crippen LogP contribution is 2.43. The van der Waals surface area contributed by atoms with Crippen LogP contribution in [-0.4, -0.2) is 7.11 Å². The highest BCUT2D eigenvalue weighted by atomic mass is 79.9. The van der Waals surface area contributed by atoms with E-state index in [1.807, 2.05) is 0 Å². The number of rotatable bonds is 3. The first-order valence-electron chi connectivity index (χ1n) is 11.7. The molecule has 0 saturated heterocycles. The number of aryl methyl sites for hydroxylation is 2. The zero-order valence-corrected chi connectivity index (χ0v) is 21.6. The van der Waals surface area contributed by atoms with Crippen molar-refractivity contribution in [2.75, 3.05) is 7.11 Å². The van der Waals surface area contributed by atoms with Gasteiger partial charge in [-0.05, 0) is 47.4 Å². The molecule has 0 bridgehead atoms.